The van der Waals surface area contributed by atoms with E-state index in [0.717, 1.165) is 44.9 Å². The first-order valence-electron chi connectivity index (χ1n) is 25.0. The summed E-state index contributed by atoms with van der Waals surface area (Å²) in [5.41, 5.74) is 0. The van der Waals surface area contributed by atoms with Gasteiger partial charge in [-0.25, -0.2) is 0 Å². The van der Waals surface area contributed by atoms with E-state index >= 15 is 0 Å². The zero-order valence-corrected chi connectivity index (χ0v) is 40.8. The van der Waals surface area contributed by atoms with Crippen molar-refractivity contribution in [2.75, 3.05) is 47.5 Å². The van der Waals surface area contributed by atoms with Gasteiger partial charge in [-0.15, -0.1) is 0 Å². The van der Waals surface area contributed by atoms with Gasteiger partial charge in [0.05, 0.1) is 27.7 Å². The van der Waals surface area contributed by atoms with Gasteiger partial charge in [0.25, 0.3) is 7.82 Å². The second kappa shape index (κ2) is 42.8. The van der Waals surface area contributed by atoms with Crippen LogP contribution in [0.25, 0.3) is 0 Å². The molecule has 0 aliphatic heterocycles. The van der Waals surface area contributed by atoms with E-state index in [2.05, 4.69) is 38.2 Å². The van der Waals surface area contributed by atoms with Gasteiger partial charge in [-0.3, -0.25) is 14.2 Å². The second-order valence-electron chi connectivity index (χ2n) is 18.2. The molecular weight excluding hydrogens is 774 g/mol. The van der Waals surface area contributed by atoms with E-state index < -0.39 is 26.5 Å². The van der Waals surface area contributed by atoms with Crippen LogP contribution in [0, 0.1) is 0 Å². The highest BCUT2D eigenvalue weighted by Gasteiger charge is 2.21. The van der Waals surface area contributed by atoms with Gasteiger partial charge in [-0.05, 0) is 64.2 Å². The fraction of sp³-hybridized carbons (Fsp3) is 0.880. The molecule has 1 unspecified atom stereocenters. The Morgan fingerprint density at radius 2 is 0.850 bits per heavy atom. The molecule has 10 heteroatoms. The molecule has 0 saturated carbocycles. The van der Waals surface area contributed by atoms with Crippen LogP contribution >= 0.6 is 7.82 Å². The maximum Gasteiger partial charge on any atom is 0.306 e. The number of hydrogen-bond acceptors (Lipinski definition) is 8. The molecule has 0 N–H and O–H groups in total. The smallest absolute Gasteiger partial charge is 0.306 e. The predicted octanol–water partition coefficient (Wildman–Crippen LogP) is 14.1. The van der Waals surface area contributed by atoms with Crippen LogP contribution in [0.1, 0.15) is 232 Å². The summed E-state index contributed by atoms with van der Waals surface area (Å²) in [6, 6.07) is 0. The number of rotatable bonds is 46. The van der Waals surface area contributed by atoms with Gasteiger partial charge in [-0.1, -0.05) is 179 Å². The van der Waals surface area contributed by atoms with E-state index in [1.807, 2.05) is 21.1 Å². The fourth-order valence-corrected chi connectivity index (χ4v) is 7.73. The van der Waals surface area contributed by atoms with Gasteiger partial charge in [-0.2, -0.15) is 0 Å². The number of carbonyl (C=O) groups is 2. The summed E-state index contributed by atoms with van der Waals surface area (Å²) < 4.78 is 34.0. The summed E-state index contributed by atoms with van der Waals surface area (Å²) in [5, 5.41) is 0. The van der Waals surface area contributed by atoms with Crippen LogP contribution in [-0.4, -0.2) is 70.0 Å². The van der Waals surface area contributed by atoms with Crippen LogP contribution in [0.3, 0.4) is 0 Å². The minimum absolute atomic E-state index is 0.0320. The number of unbranched alkanes of at least 4 members (excludes halogenated alkanes) is 28. The highest BCUT2D eigenvalue weighted by Crippen LogP contribution is 2.38. The third-order valence-electron chi connectivity index (χ3n) is 10.9. The molecule has 354 valence electrons. The number of phosphoric acid groups is 1. The molecule has 0 saturated heterocycles. The summed E-state index contributed by atoms with van der Waals surface area (Å²) in [6.07, 6.45) is 47.8. The highest BCUT2D eigenvalue weighted by atomic mass is 31.2. The maximum atomic E-state index is 12.7. The second-order valence-corrected chi connectivity index (χ2v) is 19.6. The summed E-state index contributed by atoms with van der Waals surface area (Å²) in [6.45, 7) is 4.23. The molecule has 9 nitrogen and oxygen atoms in total. The van der Waals surface area contributed by atoms with Crippen molar-refractivity contribution in [3.05, 3.63) is 24.3 Å². The molecule has 0 bridgehead atoms. The highest BCUT2D eigenvalue weighted by molar-refractivity contribution is 7.45. The van der Waals surface area contributed by atoms with Gasteiger partial charge in [0.1, 0.15) is 19.8 Å². The standard InChI is InChI=1S/C50H96NO8P/c1-6-8-10-12-14-16-18-20-22-23-24-25-26-27-29-30-32-34-36-38-40-42-49(52)56-46-48(47-58-60(54,55)57-45-44-51(3,4)5)59-50(53)43-41-39-37-35-33-31-28-21-19-17-15-13-11-9-7-2/h20,22,31,33,48H,6-19,21,23-30,32,34-47H2,1-5H3/b22-20+,33-31+/t48-/m0/s1. The zero-order chi connectivity index (χ0) is 44.3. The van der Waals surface area contributed by atoms with Crippen molar-refractivity contribution >= 4 is 19.8 Å². The molecular formula is C50H96NO8P. The monoisotopic (exact) mass is 870 g/mol. The van der Waals surface area contributed by atoms with E-state index in [-0.39, 0.29) is 32.0 Å². The van der Waals surface area contributed by atoms with Gasteiger partial charge < -0.3 is 27.9 Å². The number of nitrogens with zero attached hydrogens (tertiary/aromatic N) is 1. The van der Waals surface area contributed by atoms with Crippen molar-refractivity contribution in [1.29, 1.82) is 0 Å². The molecule has 60 heavy (non-hydrogen) atoms. The average molecular weight is 870 g/mol. The Morgan fingerprint density at radius 3 is 1.25 bits per heavy atom. The summed E-state index contributed by atoms with van der Waals surface area (Å²) in [5.74, 6) is -0.845. The Hall–Kier alpha value is -1.51. The number of likely N-dealkylation sites (N-methyl/N-ethyl adjacent to an activating group) is 1. The van der Waals surface area contributed by atoms with Gasteiger partial charge in [0, 0.05) is 12.8 Å². The van der Waals surface area contributed by atoms with Crippen LogP contribution in [0.4, 0.5) is 0 Å². The molecule has 0 radical (unpaired) electrons. The average Bonchev–Trinajstić information content (AvgIpc) is 3.20. The molecule has 0 aromatic carbocycles. The molecule has 0 rings (SSSR count). The molecule has 0 fully saturated rings. The quantitative estimate of drug-likeness (QED) is 0.0195. The fourth-order valence-electron chi connectivity index (χ4n) is 7.00. The number of phosphoric ester groups is 1. The molecule has 0 aromatic heterocycles. The van der Waals surface area contributed by atoms with Gasteiger partial charge >= 0.3 is 11.9 Å². The minimum Gasteiger partial charge on any atom is -0.756 e. The third kappa shape index (κ3) is 46.0. The number of ether oxygens (including phenoxy) is 2. The number of quaternary nitrogens is 1. The molecule has 0 spiro atoms. The van der Waals surface area contributed by atoms with Crippen molar-refractivity contribution in [1.82, 2.24) is 0 Å². The van der Waals surface area contributed by atoms with Crippen LogP contribution < -0.4 is 4.89 Å². The van der Waals surface area contributed by atoms with Crippen molar-refractivity contribution in [2.24, 2.45) is 0 Å². The van der Waals surface area contributed by atoms with Crippen molar-refractivity contribution < 1.29 is 42.1 Å². The first kappa shape index (κ1) is 58.5. The summed E-state index contributed by atoms with van der Waals surface area (Å²) in [4.78, 5) is 37.6. The van der Waals surface area contributed by atoms with Crippen molar-refractivity contribution in [2.45, 2.75) is 238 Å². The largest absolute Gasteiger partial charge is 0.756 e. The van der Waals surface area contributed by atoms with E-state index in [1.54, 1.807) is 0 Å². The molecule has 0 heterocycles. The minimum atomic E-state index is -4.63. The lowest BCUT2D eigenvalue weighted by Crippen LogP contribution is -2.37. The van der Waals surface area contributed by atoms with Crippen LogP contribution in [0.5, 0.6) is 0 Å². The van der Waals surface area contributed by atoms with Gasteiger partial charge in [0.2, 0.25) is 0 Å². The Bertz CT molecular complexity index is 1070. The van der Waals surface area contributed by atoms with Crippen LogP contribution in [-0.2, 0) is 32.7 Å². The van der Waals surface area contributed by atoms with E-state index in [4.69, 9.17) is 18.5 Å². The SMILES string of the molecule is CCCCCCCC/C=C/CCCCCCCCCCCCCC(=O)OC[C@@H](COP(=O)([O-])OCC[N+](C)(C)C)OC(=O)CCCCC/C=C/CCCCCCCCCC. The number of hydrogen-bond donors (Lipinski definition) is 0. The third-order valence-corrected chi connectivity index (χ3v) is 11.9. The van der Waals surface area contributed by atoms with Crippen molar-refractivity contribution in [3.63, 3.8) is 0 Å². The number of esters is 2. The normalized spacial score (nSPS) is 13.6. The molecule has 0 aromatic rings. The van der Waals surface area contributed by atoms with Crippen LogP contribution in [0.15, 0.2) is 24.3 Å². The molecule has 0 aliphatic rings. The lowest BCUT2D eigenvalue weighted by atomic mass is 10.0. The van der Waals surface area contributed by atoms with E-state index in [9.17, 15) is 19.0 Å². The summed E-state index contributed by atoms with van der Waals surface area (Å²) in [7, 11) is 1.16. The van der Waals surface area contributed by atoms with Crippen LogP contribution in [0.2, 0.25) is 0 Å². The first-order chi connectivity index (χ1) is 29.0. The Labute approximate surface area is 370 Å². The Kier molecular flexibility index (Phi) is 41.7. The lowest BCUT2D eigenvalue weighted by molar-refractivity contribution is -0.870. The Balaban J connectivity index is 4.24. The lowest BCUT2D eigenvalue weighted by Gasteiger charge is -2.28. The van der Waals surface area contributed by atoms with Gasteiger partial charge in [0.15, 0.2) is 6.10 Å². The zero-order valence-electron chi connectivity index (χ0n) is 39.9. The van der Waals surface area contributed by atoms with Crippen molar-refractivity contribution in [3.8, 4) is 0 Å². The van der Waals surface area contributed by atoms with E-state index in [1.165, 1.54) is 154 Å². The molecule has 2 atom stereocenters. The molecule has 0 aliphatic carbocycles. The topological polar surface area (TPSA) is 111 Å². The maximum absolute atomic E-state index is 12.7. The van der Waals surface area contributed by atoms with E-state index in [0.29, 0.717) is 17.4 Å². The Morgan fingerprint density at radius 1 is 0.500 bits per heavy atom. The predicted molar refractivity (Wildman–Crippen MR) is 250 cm³/mol. The first-order valence-corrected chi connectivity index (χ1v) is 26.5. The number of allylic oxidation sites excluding steroid dienone is 4. The molecule has 0 amide bonds. The number of carbonyl (C=O) groups excluding carboxylic acids is 2. The summed E-state index contributed by atoms with van der Waals surface area (Å²) >= 11 is 0.